The van der Waals surface area contributed by atoms with Crippen LogP contribution in [0.15, 0.2) is 30.6 Å². The zero-order valence-corrected chi connectivity index (χ0v) is 11.5. The Hall–Kier alpha value is -2.17. The summed E-state index contributed by atoms with van der Waals surface area (Å²) in [4.78, 5) is 22.6. The lowest BCUT2D eigenvalue weighted by Gasteiger charge is -2.32. The monoisotopic (exact) mass is 271 g/mol. The van der Waals surface area contributed by atoms with Gasteiger partial charge in [0.2, 0.25) is 0 Å². The summed E-state index contributed by atoms with van der Waals surface area (Å²) in [5.41, 5.74) is 0.928. The molecule has 1 fully saturated rings. The number of ether oxygens (including phenoxy) is 1. The van der Waals surface area contributed by atoms with Crippen LogP contribution in [0, 0.1) is 5.92 Å². The van der Waals surface area contributed by atoms with Crippen molar-refractivity contribution >= 4 is 22.7 Å². The molecule has 1 aromatic carbocycles. The number of aromatic nitrogens is 2. The van der Waals surface area contributed by atoms with E-state index in [0.29, 0.717) is 6.54 Å². The second kappa shape index (κ2) is 5.45. The van der Waals surface area contributed by atoms with Crippen molar-refractivity contribution in [2.24, 2.45) is 5.92 Å². The van der Waals surface area contributed by atoms with Crippen molar-refractivity contribution in [1.29, 1.82) is 0 Å². The van der Waals surface area contributed by atoms with Crippen molar-refractivity contribution in [1.82, 2.24) is 9.97 Å². The third-order valence-corrected chi connectivity index (χ3v) is 3.78. The molecule has 1 atom stereocenters. The van der Waals surface area contributed by atoms with E-state index in [4.69, 9.17) is 4.74 Å². The van der Waals surface area contributed by atoms with Crippen molar-refractivity contribution in [3.05, 3.63) is 30.6 Å². The fraction of sp³-hybridized carbons (Fsp3) is 0.400. The van der Waals surface area contributed by atoms with Crippen LogP contribution < -0.4 is 4.90 Å². The molecule has 1 aliphatic rings. The van der Waals surface area contributed by atoms with Crippen molar-refractivity contribution in [3.63, 3.8) is 0 Å². The van der Waals surface area contributed by atoms with Gasteiger partial charge >= 0.3 is 5.97 Å². The first-order valence-corrected chi connectivity index (χ1v) is 6.82. The van der Waals surface area contributed by atoms with Gasteiger partial charge < -0.3 is 9.64 Å². The molecule has 0 spiro atoms. The highest BCUT2D eigenvalue weighted by Crippen LogP contribution is 2.27. The van der Waals surface area contributed by atoms with Crippen molar-refractivity contribution in [2.75, 3.05) is 25.1 Å². The summed E-state index contributed by atoms with van der Waals surface area (Å²) < 4.78 is 4.86. The Morgan fingerprint density at radius 3 is 3.05 bits per heavy atom. The molecule has 0 amide bonds. The largest absolute Gasteiger partial charge is 0.469 e. The number of anilines is 1. The second-order valence-electron chi connectivity index (χ2n) is 5.02. The maximum atomic E-state index is 11.7. The molecular weight excluding hydrogens is 254 g/mol. The van der Waals surface area contributed by atoms with Crippen LogP contribution in [-0.4, -0.2) is 36.1 Å². The fourth-order valence-electron chi connectivity index (χ4n) is 2.77. The predicted octanol–water partition coefficient (Wildman–Crippen LogP) is 2.02. The Balaban J connectivity index is 1.92. The fourth-order valence-corrected chi connectivity index (χ4v) is 2.77. The molecule has 5 nitrogen and oxygen atoms in total. The number of benzene rings is 1. The summed E-state index contributed by atoms with van der Waals surface area (Å²) in [6, 6.07) is 7.94. The maximum absolute atomic E-state index is 11.7. The normalized spacial score (nSPS) is 19.1. The van der Waals surface area contributed by atoms with E-state index in [1.54, 1.807) is 6.33 Å². The Bertz CT molecular complexity index is 624. The number of carbonyl (C=O) groups is 1. The van der Waals surface area contributed by atoms with E-state index < -0.39 is 0 Å². The van der Waals surface area contributed by atoms with Gasteiger partial charge in [-0.05, 0) is 25.0 Å². The molecule has 0 N–H and O–H groups in total. The van der Waals surface area contributed by atoms with Crippen molar-refractivity contribution in [2.45, 2.75) is 12.8 Å². The van der Waals surface area contributed by atoms with Gasteiger partial charge in [-0.25, -0.2) is 9.97 Å². The van der Waals surface area contributed by atoms with Crippen LogP contribution in [0.1, 0.15) is 12.8 Å². The molecule has 0 saturated carbocycles. The number of carbonyl (C=O) groups excluding carboxylic acids is 1. The number of nitrogens with zero attached hydrogens (tertiary/aromatic N) is 3. The number of methoxy groups -OCH3 is 1. The van der Waals surface area contributed by atoms with E-state index in [9.17, 15) is 4.79 Å². The Morgan fingerprint density at radius 1 is 1.35 bits per heavy atom. The molecule has 0 aliphatic carbocycles. The molecule has 104 valence electrons. The summed E-state index contributed by atoms with van der Waals surface area (Å²) in [6.45, 7) is 1.57. The first-order valence-electron chi connectivity index (χ1n) is 6.82. The van der Waals surface area contributed by atoms with Crippen molar-refractivity contribution < 1.29 is 9.53 Å². The third kappa shape index (κ3) is 2.31. The summed E-state index contributed by atoms with van der Waals surface area (Å²) in [5.74, 6) is 0.708. The quantitative estimate of drug-likeness (QED) is 0.782. The molecule has 2 aromatic rings. The molecule has 0 bridgehead atoms. The zero-order valence-electron chi connectivity index (χ0n) is 11.5. The van der Waals surface area contributed by atoms with Gasteiger partial charge in [-0.15, -0.1) is 0 Å². The molecule has 0 unspecified atom stereocenters. The molecule has 1 aromatic heterocycles. The number of rotatable bonds is 2. The zero-order chi connectivity index (χ0) is 13.9. The molecule has 1 aliphatic heterocycles. The number of hydrogen-bond donors (Lipinski definition) is 0. The smallest absolute Gasteiger partial charge is 0.310 e. The number of piperidine rings is 1. The molecule has 2 heterocycles. The van der Waals surface area contributed by atoms with E-state index in [0.717, 1.165) is 36.1 Å². The predicted molar refractivity (Wildman–Crippen MR) is 76.5 cm³/mol. The van der Waals surface area contributed by atoms with E-state index in [1.165, 1.54) is 7.11 Å². The van der Waals surface area contributed by atoms with Crippen LogP contribution in [0.2, 0.25) is 0 Å². The van der Waals surface area contributed by atoms with E-state index in [-0.39, 0.29) is 11.9 Å². The van der Waals surface area contributed by atoms with Crippen molar-refractivity contribution in [3.8, 4) is 0 Å². The molecule has 5 heteroatoms. The minimum atomic E-state index is -0.131. The highest BCUT2D eigenvalue weighted by Gasteiger charge is 2.27. The Morgan fingerprint density at radius 2 is 2.20 bits per heavy atom. The van der Waals surface area contributed by atoms with Gasteiger partial charge in [-0.1, -0.05) is 12.1 Å². The summed E-state index contributed by atoms with van der Waals surface area (Å²) >= 11 is 0. The first kappa shape index (κ1) is 12.8. The van der Waals surface area contributed by atoms with Crippen LogP contribution in [-0.2, 0) is 9.53 Å². The van der Waals surface area contributed by atoms with Gasteiger partial charge in [0.05, 0.1) is 18.5 Å². The van der Waals surface area contributed by atoms with Gasteiger partial charge in [0.15, 0.2) is 0 Å². The standard InChI is InChI=1S/C15H17N3O2/c1-20-15(19)11-5-4-8-18(9-11)14-12-6-2-3-7-13(12)16-10-17-14/h2-3,6-7,10-11H,4-5,8-9H2,1H3/t11-/m0/s1. The van der Waals surface area contributed by atoms with Gasteiger partial charge in [0.1, 0.15) is 12.1 Å². The maximum Gasteiger partial charge on any atom is 0.310 e. The minimum Gasteiger partial charge on any atom is -0.469 e. The summed E-state index contributed by atoms with van der Waals surface area (Å²) in [7, 11) is 1.45. The van der Waals surface area contributed by atoms with Crippen LogP contribution >= 0.6 is 0 Å². The van der Waals surface area contributed by atoms with Crippen LogP contribution in [0.3, 0.4) is 0 Å². The lowest BCUT2D eigenvalue weighted by atomic mass is 9.98. The van der Waals surface area contributed by atoms with Gasteiger partial charge in [0, 0.05) is 18.5 Å². The Labute approximate surface area is 117 Å². The van der Waals surface area contributed by atoms with Gasteiger partial charge in [-0.2, -0.15) is 0 Å². The van der Waals surface area contributed by atoms with Gasteiger partial charge in [-0.3, -0.25) is 4.79 Å². The van der Waals surface area contributed by atoms with Crippen LogP contribution in [0.5, 0.6) is 0 Å². The SMILES string of the molecule is COC(=O)[C@H]1CCCN(c2ncnc3ccccc23)C1. The Kier molecular flexibility index (Phi) is 3.50. The van der Waals surface area contributed by atoms with Gasteiger partial charge in [0.25, 0.3) is 0 Å². The highest BCUT2D eigenvalue weighted by molar-refractivity contribution is 5.89. The summed E-state index contributed by atoms with van der Waals surface area (Å²) in [5, 5.41) is 1.03. The average Bonchev–Trinajstić information content (AvgIpc) is 2.53. The second-order valence-corrected chi connectivity index (χ2v) is 5.02. The number of para-hydroxylation sites is 1. The van der Waals surface area contributed by atoms with E-state index in [1.807, 2.05) is 24.3 Å². The highest BCUT2D eigenvalue weighted by atomic mass is 16.5. The summed E-state index contributed by atoms with van der Waals surface area (Å²) in [6.07, 6.45) is 3.43. The topological polar surface area (TPSA) is 55.3 Å². The van der Waals surface area contributed by atoms with Crippen LogP contribution in [0.4, 0.5) is 5.82 Å². The van der Waals surface area contributed by atoms with Crippen LogP contribution in [0.25, 0.3) is 10.9 Å². The molecular formula is C15H17N3O2. The number of esters is 1. The lowest BCUT2D eigenvalue weighted by Crippen LogP contribution is -2.39. The lowest BCUT2D eigenvalue weighted by molar-refractivity contribution is -0.145. The number of hydrogen-bond acceptors (Lipinski definition) is 5. The number of fused-ring (bicyclic) bond motifs is 1. The molecule has 3 rings (SSSR count). The van der Waals surface area contributed by atoms with E-state index in [2.05, 4.69) is 14.9 Å². The minimum absolute atomic E-state index is 0.0672. The molecule has 20 heavy (non-hydrogen) atoms. The first-order chi connectivity index (χ1) is 9.79. The third-order valence-electron chi connectivity index (χ3n) is 3.78. The molecule has 1 saturated heterocycles. The average molecular weight is 271 g/mol. The molecule has 0 radical (unpaired) electrons. The van der Waals surface area contributed by atoms with E-state index >= 15 is 0 Å².